The van der Waals surface area contributed by atoms with E-state index in [0.29, 0.717) is 5.92 Å². The van der Waals surface area contributed by atoms with Crippen LogP contribution in [0.4, 0.5) is 5.69 Å². The monoisotopic (exact) mass is 412 g/mol. The summed E-state index contributed by atoms with van der Waals surface area (Å²) in [6, 6.07) is 18.6. The number of hydrogen-bond donors (Lipinski definition) is 2. The van der Waals surface area contributed by atoms with Gasteiger partial charge in [0.05, 0.1) is 5.69 Å². The molecule has 0 spiro atoms. The Morgan fingerprint density at radius 1 is 1.16 bits per heavy atom. The fraction of sp³-hybridized carbons (Fsp3) is 0.231. The number of anilines is 1. The van der Waals surface area contributed by atoms with Gasteiger partial charge in [-0.05, 0) is 42.8 Å². The molecule has 31 heavy (non-hydrogen) atoms. The first-order chi connectivity index (χ1) is 14.9. The molecule has 0 fully saturated rings. The molecule has 0 unspecified atom stereocenters. The van der Waals surface area contributed by atoms with Crippen LogP contribution >= 0.6 is 0 Å². The lowest BCUT2D eigenvalue weighted by molar-refractivity contribution is -0.114. The van der Waals surface area contributed by atoms with Crippen molar-refractivity contribution in [3.05, 3.63) is 72.1 Å². The molecule has 5 heteroatoms. The van der Waals surface area contributed by atoms with Crippen molar-refractivity contribution < 1.29 is 4.79 Å². The zero-order valence-electron chi connectivity index (χ0n) is 18.4. The molecule has 0 bridgehead atoms. The number of aromatic amines is 1. The van der Waals surface area contributed by atoms with Gasteiger partial charge in [-0.2, -0.15) is 5.10 Å². The van der Waals surface area contributed by atoms with Gasteiger partial charge >= 0.3 is 0 Å². The summed E-state index contributed by atoms with van der Waals surface area (Å²) in [5, 5.41) is 11.2. The van der Waals surface area contributed by atoms with Crippen LogP contribution in [0, 0.1) is 25.2 Å². The molecule has 0 atom stereocenters. The van der Waals surface area contributed by atoms with Gasteiger partial charge in [-0.15, -0.1) is 12.3 Å². The van der Waals surface area contributed by atoms with Gasteiger partial charge in [-0.25, -0.2) is 0 Å². The number of nitrogens with zero attached hydrogens (tertiary/aromatic N) is 2. The number of aromatic nitrogens is 3. The molecule has 5 nitrogen and oxygen atoms in total. The molecule has 2 aromatic carbocycles. The molecule has 158 valence electrons. The summed E-state index contributed by atoms with van der Waals surface area (Å²) in [6.45, 7) is 8.28. The molecule has 0 saturated heterocycles. The van der Waals surface area contributed by atoms with Crippen LogP contribution in [-0.2, 0) is 11.3 Å². The van der Waals surface area contributed by atoms with Crippen molar-refractivity contribution in [1.29, 1.82) is 0 Å². The zero-order chi connectivity index (χ0) is 22.4. The molecule has 0 aliphatic heterocycles. The smallest absolute Gasteiger partial charge is 0.221 e. The number of fused-ring (bicyclic) bond motifs is 1. The first-order valence-corrected chi connectivity index (χ1v) is 10.3. The number of nitrogens with one attached hydrogen (secondary N) is 2. The Hall–Kier alpha value is -3.78. The van der Waals surface area contributed by atoms with E-state index in [4.69, 9.17) is 6.42 Å². The lowest BCUT2D eigenvalue weighted by Crippen LogP contribution is -2.05. The average molecular weight is 413 g/mol. The topological polar surface area (TPSA) is 62.7 Å². The maximum Gasteiger partial charge on any atom is 0.221 e. The molecule has 2 N–H and O–H groups in total. The summed E-state index contributed by atoms with van der Waals surface area (Å²) >= 11 is 0. The Morgan fingerprint density at radius 3 is 2.45 bits per heavy atom. The van der Waals surface area contributed by atoms with Gasteiger partial charge in [0.25, 0.3) is 0 Å². The molecule has 0 radical (unpaired) electrons. The van der Waals surface area contributed by atoms with Crippen LogP contribution in [0.15, 0.2) is 60.8 Å². The summed E-state index contributed by atoms with van der Waals surface area (Å²) in [5.41, 5.74) is 6.32. The number of rotatable bonds is 4. The Kier molecular flexibility index (Phi) is 6.94. The first-order valence-electron chi connectivity index (χ1n) is 10.3. The number of benzene rings is 2. The van der Waals surface area contributed by atoms with E-state index in [0.717, 1.165) is 40.1 Å². The van der Waals surface area contributed by atoms with Gasteiger partial charge in [-0.1, -0.05) is 38.1 Å². The van der Waals surface area contributed by atoms with Crippen LogP contribution in [0.1, 0.15) is 32.0 Å². The van der Waals surface area contributed by atoms with E-state index in [1.807, 2.05) is 45.0 Å². The van der Waals surface area contributed by atoms with Crippen LogP contribution in [0.25, 0.3) is 22.2 Å². The van der Waals surface area contributed by atoms with Crippen LogP contribution in [0.5, 0.6) is 0 Å². The van der Waals surface area contributed by atoms with E-state index in [9.17, 15) is 4.79 Å². The maximum atomic E-state index is 11.2. The third-order valence-electron chi connectivity index (χ3n) is 4.73. The minimum absolute atomic E-state index is 0.0593. The first kappa shape index (κ1) is 21.9. The van der Waals surface area contributed by atoms with Crippen LogP contribution in [0.3, 0.4) is 0 Å². The van der Waals surface area contributed by atoms with E-state index < -0.39 is 0 Å². The molecule has 0 saturated carbocycles. The van der Waals surface area contributed by atoms with E-state index in [1.165, 1.54) is 12.5 Å². The Morgan fingerprint density at radius 2 is 1.87 bits per heavy atom. The Bertz CT molecular complexity index is 1210. The molecule has 1 amide bonds. The molecule has 4 aromatic rings. The average Bonchev–Trinajstić information content (AvgIpc) is 3.35. The number of aryl methyl sites for hydroxylation is 1. The van der Waals surface area contributed by atoms with E-state index >= 15 is 0 Å². The molecule has 2 aromatic heterocycles. The second-order valence-corrected chi connectivity index (χ2v) is 7.85. The second-order valence-electron chi connectivity index (χ2n) is 7.85. The van der Waals surface area contributed by atoms with Crippen molar-refractivity contribution in [2.75, 3.05) is 5.32 Å². The van der Waals surface area contributed by atoms with Crippen LogP contribution < -0.4 is 5.32 Å². The Labute approximate surface area is 183 Å². The number of amides is 1. The highest BCUT2D eigenvalue weighted by molar-refractivity contribution is 5.92. The maximum absolute atomic E-state index is 11.2. The van der Waals surface area contributed by atoms with E-state index in [2.05, 4.69) is 62.5 Å². The number of carbonyl (C=O) groups excluding carboxylic acids is 1. The third-order valence-corrected chi connectivity index (χ3v) is 4.73. The SMILES string of the molecule is C#CC(C)C.CC(=O)Nc1ccc2c(ccn2Cc2ccc(-c3cc(C)[nH]n3)cc2)c1. The van der Waals surface area contributed by atoms with Crippen molar-refractivity contribution in [3.8, 4) is 23.6 Å². The number of H-pyrrole nitrogens is 1. The molecule has 0 aliphatic rings. The third kappa shape index (κ3) is 5.86. The summed E-state index contributed by atoms with van der Waals surface area (Å²) in [4.78, 5) is 11.2. The fourth-order valence-electron chi connectivity index (χ4n) is 3.16. The highest BCUT2D eigenvalue weighted by Gasteiger charge is 2.06. The van der Waals surface area contributed by atoms with Gasteiger partial charge < -0.3 is 9.88 Å². The largest absolute Gasteiger partial charge is 0.343 e. The van der Waals surface area contributed by atoms with Crippen molar-refractivity contribution in [3.63, 3.8) is 0 Å². The quantitative estimate of drug-likeness (QED) is 0.427. The summed E-state index contributed by atoms with van der Waals surface area (Å²) in [7, 11) is 0. The van der Waals surface area contributed by atoms with Gasteiger partial charge in [-0.3, -0.25) is 9.89 Å². The number of hydrogen-bond acceptors (Lipinski definition) is 2. The van der Waals surface area contributed by atoms with Crippen LogP contribution in [-0.4, -0.2) is 20.7 Å². The zero-order valence-corrected chi connectivity index (χ0v) is 18.4. The number of carbonyl (C=O) groups is 1. The fourth-order valence-corrected chi connectivity index (χ4v) is 3.16. The van der Waals surface area contributed by atoms with E-state index in [-0.39, 0.29) is 5.91 Å². The Balaban J connectivity index is 0.000000491. The predicted molar refractivity (Wildman–Crippen MR) is 128 cm³/mol. The lowest BCUT2D eigenvalue weighted by atomic mass is 10.1. The minimum Gasteiger partial charge on any atom is -0.343 e. The highest BCUT2D eigenvalue weighted by atomic mass is 16.1. The second kappa shape index (κ2) is 9.82. The van der Waals surface area contributed by atoms with Gasteiger partial charge in [0, 0.05) is 53.4 Å². The summed E-state index contributed by atoms with van der Waals surface area (Å²) in [6.07, 6.45) is 7.00. The van der Waals surface area contributed by atoms with Crippen LogP contribution in [0.2, 0.25) is 0 Å². The van der Waals surface area contributed by atoms with Gasteiger partial charge in [0.1, 0.15) is 0 Å². The summed E-state index contributed by atoms with van der Waals surface area (Å²) in [5.74, 6) is 2.88. The van der Waals surface area contributed by atoms with Gasteiger partial charge in [0.2, 0.25) is 5.91 Å². The number of terminal acetylenes is 1. The predicted octanol–water partition coefficient (Wildman–Crippen LogP) is 5.62. The molecule has 0 aliphatic carbocycles. The normalized spacial score (nSPS) is 10.5. The lowest BCUT2D eigenvalue weighted by Gasteiger charge is -2.08. The highest BCUT2D eigenvalue weighted by Crippen LogP contribution is 2.23. The molecular weight excluding hydrogens is 384 g/mol. The molecular formula is C26H28N4O. The van der Waals surface area contributed by atoms with Crippen molar-refractivity contribution >= 4 is 22.5 Å². The standard InChI is InChI=1S/C21H20N4O.C5H8/c1-14-11-20(24-23-14)17-5-3-16(4-6-17)13-25-10-9-18-12-19(22-15(2)26)7-8-21(18)25;1-4-5(2)3/h3-12H,13H2,1-2H3,(H,22,26)(H,23,24);1,5H,2-3H3. The molecule has 2 heterocycles. The molecule has 4 rings (SSSR count). The van der Waals surface area contributed by atoms with Gasteiger partial charge in [0.15, 0.2) is 0 Å². The van der Waals surface area contributed by atoms with Crippen molar-refractivity contribution in [2.45, 2.75) is 34.2 Å². The summed E-state index contributed by atoms with van der Waals surface area (Å²) < 4.78 is 2.21. The minimum atomic E-state index is -0.0593. The van der Waals surface area contributed by atoms with E-state index in [1.54, 1.807) is 0 Å². The van der Waals surface area contributed by atoms with Crippen molar-refractivity contribution in [2.24, 2.45) is 5.92 Å². The van der Waals surface area contributed by atoms with Crippen molar-refractivity contribution in [1.82, 2.24) is 14.8 Å².